The number of likely N-dealkylation sites (tertiary alicyclic amines) is 1. The number of methoxy groups -OCH3 is 1. The van der Waals surface area contributed by atoms with E-state index in [2.05, 4.69) is 12.2 Å². The first-order valence-electron chi connectivity index (χ1n) is 6.65. The lowest BCUT2D eigenvalue weighted by molar-refractivity contribution is -0.129. The summed E-state index contributed by atoms with van der Waals surface area (Å²) in [6.45, 7) is 5.81. The van der Waals surface area contributed by atoms with E-state index in [-0.39, 0.29) is 23.8 Å². The van der Waals surface area contributed by atoms with Crippen molar-refractivity contribution >= 4 is 11.8 Å². The number of hydrogen-bond acceptors (Lipinski definition) is 3. The molecule has 0 saturated carbocycles. The van der Waals surface area contributed by atoms with Gasteiger partial charge in [0.2, 0.25) is 11.8 Å². The number of carbonyl (C=O) groups excluding carboxylic acids is 2. The highest BCUT2D eigenvalue weighted by atomic mass is 16.5. The van der Waals surface area contributed by atoms with Gasteiger partial charge in [-0.2, -0.15) is 0 Å². The molecule has 1 heterocycles. The molecule has 5 nitrogen and oxygen atoms in total. The zero-order valence-electron chi connectivity index (χ0n) is 11.6. The molecule has 1 aliphatic heterocycles. The van der Waals surface area contributed by atoms with Crippen LogP contribution in [0.4, 0.5) is 0 Å². The van der Waals surface area contributed by atoms with E-state index in [9.17, 15) is 9.59 Å². The van der Waals surface area contributed by atoms with Crippen molar-refractivity contribution in [2.24, 2.45) is 5.92 Å². The number of nitrogens with zero attached hydrogens (tertiary/aromatic N) is 1. The van der Waals surface area contributed by atoms with Crippen molar-refractivity contribution in [2.45, 2.75) is 39.2 Å². The fourth-order valence-electron chi connectivity index (χ4n) is 2.17. The smallest absolute Gasteiger partial charge is 0.225 e. The van der Waals surface area contributed by atoms with Gasteiger partial charge < -0.3 is 15.0 Å². The second kappa shape index (κ2) is 7.36. The van der Waals surface area contributed by atoms with Crippen LogP contribution in [0.5, 0.6) is 0 Å². The van der Waals surface area contributed by atoms with E-state index < -0.39 is 0 Å². The number of nitrogens with one attached hydrogen (secondary N) is 1. The van der Waals surface area contributed by atoms with Gasteiger partial charge in [0, 0.05) is 32.7 Å². The van der Waals surface area contributed by atoms with Gasteiger partial charge in [0.1, 0.15) is 0 Å². The van der Waals surface area contributed by atoms with E-state index in [4.69, 9.17) is 4.74 Å². The Morgan fingerprint density at radius 2 is 2.33 bits per heavy atom. The van der Waals surface area contributed by atoms with Crippen LogP contribution in [0.3, 0.4) is 0 Å². The lowest BCUT2D eigenvalue weighted by atomic mass is 10.1. The first-order valence-corrected chi connectivity index (χ1v) is 6.65. The lowest BCUT2D eigenvalue weighted by Gasteiger charge is -2.17. The van der Waals surface area contributed by atoms with Crippen LogP contribution in [0.15, 0.2) is 0 Å². The molecule has 1 N–H and O–H groups in total. The second-order valence-corrected chi connectivity index (χ2v) is 4.96. The Kier molecular flexibility index (Phi) is 6.12. The third-order valence-corrected chi connectivity index (χ3v) is 3.17. The van der Waals surface area contributed by atoms with Crippen molar-refractivity contribution in [2.75, 3.05) is 26.8 Å². The van der Waals surface area contributed by atoms with Gasteiger partial charge in [-0.1, -0.05) is 13.3 Å². The van der Waals surface area contributed by atoms with Crippen LogP contribution in [-0.2, 0) is 14.3 Å². The third-order valence-electron chi connectivity index (χ3n) is 3.17. The first-order chi connectivity index (χ1) is 8.58. The second-order valence-electron chi connectivity index (χ2n) is 4.96. The molecule has 18 heavy (non-hydrogen) atoms. The average Bonchev–Trinajstić information content (AvgIpc) is 2.68. The topological polar surface area (TPSA) is 58.6 Å². The number of ether oxygens (including phenoxy) is 1. The van der Waals surface area contributed by atoms with Crippen LogP contribution in [0.1, 0.15) is 33.1 Å². The number of carbonyl (C=O) groups is 2. The molecule has 2 amide bonds. The van der Waals surface area contributed by atoms with Crippen LogP contribution >= 0.6 is 0 Å². The molecule has 0 aromatic heterocycles. The maximum Gasteiger partial charge on any atom is 0.225 e. The van der Waals surface area contributed by atoms with Gasteiger partial charge in [-0.15, -0.1) is 0 Å². The normalized spacial score (nSPS) is 21.2. The molecule has 0 aromatic rings. The predicted octanol–water partition coefficient (Wildman–Crippen LogP) is 0.786. The summed E-state index contributed by atoms with van der Waals surface area (Å²) < 4.78 is 4.97. The Bertz CT molecular complexity index is 294. The Morgan fingerprint density at radius 1 is 1.61 bits per heavy atom. The highest BCUT2D eigenvalue weighted by Crippen LogP contribution is 2.18. The van der Waals surface area contributed by atoms with Gasteiger partial charge in [0.05, 0.1) is 12.5 Å². The molecule has 5 heteroatoms. The van der Waals surface area contributed by atoms with Gasteiger partial charge >= 0.3 is 0 Å². The zero-order chi connectivity index (χ0) is 13.5. The number of amides is 2. The SMILES string of the molecule is CCCCN1CC(C(=O)NC(C)COC)CC1=O. The third kappa shape index (κ3) is 4.29. The van der Waals surface area contributed by atoms with Crippen molar-refractivity contribution in [1.29, 1.82) is 0 Å². The highest BCUT2D eigenvalue weighted by Gasteiger charge is 2.34. The lowest BCUT2D eigenvalue weighted by Crippen LogP contribution is -2.40. The Hall–Kier alpha value is -1.10. The summed E-state index contributed by atoms with van der Waals surface area (Å²) in [5.74, 6) is -0.136. The molecule has 2 atom stereocenters. The largest absolute Gasteiger partial charge is 0.383 e. The molecule has 1 fully saturated rings. The number of rotatable bonds is 7. The van der Waals surface area contributed by atoms with Crippen molar-refractivity contribution < 1.29 is 14.3 Å². The number of unbranched alkanes of at least 4 members (excludes halogenated alkanes) is 1. The van der Waals surface area contributed by atoms with Gasteiger partial charge in [0.15, 0.2) is 0 Å². The molecule has 2 unspecified atom stereocenters. The fraction of sp³-hybridized carbons (Fsp3) is 0.846. The molecule has 1 rings (SSSR count). The van der Waals surface area contributed by atoms with Crippen molar-refractivity contribution in [1.82, 2.24) is 10.2 Å². The van der Waals surface area contributed by atoms with E-state index in [1.165, 1.54) is 0 Å². The van der Waals surface area contributed by atoms with Crippen molar-refractivity contribution in [3.05, 3.63) is 0 Å². The van der Waals surface area contributed by atoms with Gasteiger partial charge in [-0.05, 0) is 13.3 Å². The Balaban J connectivity index is 2.39. The van der Waals surface area contributed by atoms with Crippen LogP contribution < -0.4 is 5.32 Å². The van der Waals surface area contributed by atoms with Crippen molar-refractivity contribution in [3.63, 3.8) is 0 Å². The molecule has 104 valence electrons. The average molecular weight is 256 g/mol. The molecular formula is C13H24N2O3. The minimum atomic E-state index is -0.200. The van der Waals surface area contributed by atoms with E-state index in [0.717, 1.165) is 19.4 Å². The molecule has 0 bridgehead atoms. The monoisotopic (exact) mass is 256 g/mol. The Morgan fingerprint density at radius 3 is 2.94 bits per heavy atom. The summed E-state index contributed by atoms with van der Waals surface area (Å²) in [4.78, 5) is 25.5. The molecular weight excluding hydrogens is 232 g/mol. The van der Waals surface area contributed by atoms with E-state index in [1.807, 2.05) is 6.92 Å². The highest BCUT2D eigenvalue weighted by molar-refractivity contribution is 5.89. The molecule has 0 spiro atoms. The van der Waals surface area contributed by atoms with E-state index in [0.29, 0.717) is 19.6 Å². The molecule has 1 saturated heterocycles. The minimum Gasteiger partial charge on any atom is -0.383 e. The molecule has 0 aliphatic carbocycles. The number of hydrogen-bond donors (Lipinski definition) is 1. The quantitative estimate of drug-likeness (QED) is 0.732. The summed E-state index contributed by atoms with van der Waals surface area (Å²) in [5.41, 5.74) is 0. The van der Waals surface area contributed by atoms with Gasteiger partial charge in [-0.25, -0.2) is 0 Å². The maximum atomic E-state index is 11.9. The minimum absolute atomic E-state index is 0.0118. The van der Waals surface area contributed by atoms with Crippen LogP contribution in [0.2, 0.25) is 0 Å². The summed E-state index contributed by atoms with van der Waals surface area (Å²) in [5, 5.41) is 2.88. The van der Waals surface area contributed by atoms with Crippen LogP contribution in [0.25, 0.3) is 0 Å². The van der Waals surface area contributed by atoms with Crippen LogP contribution in [0, 0.1) is 5.92 Å². The molecule has 0 radical (unpaired) electrons. The summed E-state index contributed by atoms with van der Waals surface area (Å²) in [6.07, 6.45) is 2.40. The standard InChI is InChI=1S/C13H24N2O3/c1-4-5-6-15-8-11(7-12(15)16)13(17)14-10(2)9-18-3/h10-11H,4-9H2,1-3H3,(H,14,17). The maximum absolute atomic E-state index is 11.9. The predicted molar refractivity (Wildman–Crippen MR) is 69.1 cm³/mol. The first kappa shape index (κ1) is 15.0. The Labute approximate surface area is 109 Å². The summed E-state index contributed by atoms with van der Waals surface area (Å²) in [6, 6.07) is -0.0118. The van der Waals surface area contributed by atoms with Gasteiger partial charge in [0.25, 0.3) is 0 Å². The zero-order valence-corrected chi connectivity index (χ0v) is 11.6. The van der Waals surface area contributed by atoms with E-state index in [1.54, 1.807) is 12.0 Å². The molecule has 0 aromatic carbocycles. The summed E-state index contributed by atoms with van der Waals surface area (Å²) in [7, 11) is 1.61. The van der Waals surface area contributed by atoms with Crippen molar-refractivity contribution in [3.8, 4) is 0 Å². The van der Waals surface area contributed by atoms with E-state index >= 15 is 0 Å². The molecule has 1 aliphatic rings. The summed E-state index contributed by atoms with van der Waals surface area (Å²) >= 11 is 0. The fourth-order valence-corrected chi connectivity index (χ4v) is 2.17. The van der Waals surface area contributed by atoms with Crippen LogP contribution in [-0.4, -0.2) is 49.6 Å². The van der Waals surface area contributed by atoms with Gasteiger partial charge in [-0.3, -0.25) is 9.59 Å².